The van der Waals surface area contributed by atoms with E-state index in [1.165, 1.54) is 4.57 Å². The summed E-state index contributed by atoms with van der Waals surface area (Å²) in [6.45, 7) is 6.48. The van der Waals surface area contributed by atoms with E-state index >= 15 is 0 Å². The van der Waals surface area contributed by atoms with Crippen molar-refractivity contribution in [3.8, 4) is 0 Å². The molecule has 0 aliphatic carbocycles. The number of para-hydroxylation sites is 1. The molecule has 0 bridgehead atoms. The average Bonchev–Trinajstić information content (AvgIpc) is 2.82. The summed E-state index contributed by atoms with van der Waals surface area (Å²) in [7, 11) is 0. The van der Waals surface area contributed by atoms with Gasteiger partial charge in [0.05, 0.1) is 10.9 Å². The Bertz CT molecular complexity index is 1310. The third kappa shape index (κ3) is 5.81. The van der Waals surface area contributed by atoms with Crippen molar-refractivity contribution in [2.45, 2.75) is 59.5 Å². The monoisotopic (exact) mass is 464 g/mol. The molecule has 0 spiro atoms. The first-order chi connectivity index (χ1) is 16.3. The first kappa shape index (κ1) is 25.0. The Morgan fingerprint density at radius 2 is 1.68 bits per heavy atom. The van der Waals surface area contributed by atoms with Crippen LogP contribution in [-0.2, 0) is 22.7 Å². The molecule has 1 aromatic heterocycles. The third-order valence-electron chi connectivity index (χ3n) is 5.92. The van der Waals surface area contributed by atoms with Crippen LogP contribution in [0.2, 0.25) is 0 Å². The molecule has 0 radical (unpaired) electrons. The van der Waals surface area contributed by atoms with Gasteiger partial charge >= 0.3 is 5.69 Å². The number of hydrogen-bond acceptors (Lipinski definition) is 4. The van der Waals surface area contributed by atoms with Gasteiger partial charge in [0, 0.05) is 25.2 Å². The van der Waals surface area contributed by atoms with E-state index in [1.54, 1.807) is 24.3 Å². The van der Waals surface area contributed by atoms with Gasteiger partial charge in [-0.05, 0) is 62.4 Å². The standard InChI is InChI=1S/C26H32N4O4/c1-4-15-27-23(31)14-7-8-16-29-25(33)20-11-5-6-13-22(20)30(26(29)34)17-24(32)28-21-12-9-10-18(2)19(21)3/h5-6,9-13H,4,7-8,14-17H2,1-3H3,(H,27,31)(H,28,32). The van der Waals surface area contributed by atoms with Crippen LogP contribution in [0.15, 0.2) is 52.1 Å². The highest BCUT2D eigenvalue weighted by atomic mass is 16.2. The van der Waals surface area contributed by atoms with Crippen molar-refractivity contribution < 1.29 is 9.59 Å². The first-order valence-electron chi connectivity index (χ1n) is 11.7. The summed E-state index contributed by atoms with van der Waals surface area (Å²) in [6, 6.07) is 12.4. The minimum absolute atomic E-state index is 0.0340. The molecular weight excluding hydrogens is 432 g/mol. The predicted octanol–water partition coefficient (Wildman–Crippen LogP) is 3.12. The molecule has 1 heterocycles. The lowest BCUT2D eigenvalue weighted by atomic mass is 10.1. The Labute approximate surface area is 198 Å². The SMILES string of the molecule is CCCNC(=O)CCCCn1c(=O)c2ccccc2n(CC(=O)Nc2cccc(C)c2C)c1=O. The lowest BCUT2D eigenvalue weighted by Gasteiger charge is -2.15. The zero-order valence-corrected chi connectivity index (χ0v) is 20.0. The van der Waals surface area contributed by atoms with Crippen LogP contribution in [0.5, 0.6) is 0 Å². The molecule has 3 rings (SSSR count). The summed E-state index contributed by atoms with van der Waals surface area (Å²) in [5.74, 6) is -0.382. The average molecular weight is 465 g/mol. The van der Waals surface area contributed by atoms with E-state index in [1.807, 2.05) is 39.0 Å². The Balaban J connectivity index is 1.83. The zero-order chi connectivity index (χ0) is 24.7. The van der Waals surface area contributed by atoms with Crippen molar-refractivity contribution in [2.75, 3.05) is 11.9 Å². The van der Waals surface area contributed by atoms with Crippen molar-refractivity contribution in [1.82, 2.24) is 14.5 Å². The van der Waals surface area contributed by atoms with E-state index in [0.717, 1.165) is 22.1 Å². The maximum atomic E-state index is 13.2. The fourth-order valence-electron chi connectivity index (χ4n) is 3.85. The molecule has 0 fully saturated rings. The van der Waals surface area contributed by atoms with Gasteiger partial charge in [0.2, 0.25) is 11.8 Å². The van der Waals surface area contributed by atoms with Crippen LogP contribution in [-0.4, -0.2) is 27.5 Å². The molecule has 0 aliphatic heterocycles. The second-order valence-corrected chi connectivity index (χ2v) is 8.45. The highest BCUT2D eigenvalue weighted by Crippen LogP contribution is 2.18. The third-order valence-corrected chi connectivity index (χ3v) is 5.92. The van der Waals surface area contributed by atoms with Crippen molar-refractivity contribution in [2.24, 2.45) is 0 Å². The molecule has 0 unspecified atom stereocenters. The molecule has 0 aliphatic rings. The molecule has 34 heavy (non-hydrogen) atoms. The molecule has 3 aromatic rings. The van der Waals surface area contributed by atoms with Gasteiger partial charge in [-0.2, -0.15) is 0 Å². The van der Waals surface area contributed by atoms with E-state index < -0.39 is 5.69 Å². The number of aryl methyl sites for hydroxylation is 1. The summed E-state index contributed by atoms with van der Waals surface area (Å²) in [5, 5.41) is 6.07. The van der Waals surface area contributed by atoms with Crippen LogP contribution >= 0.6 is 0 Å². The predicted molar refractivity (Wildman–Crippen MR) is 134 cm³/mol. The molecule has 0 saturated carbocycles. The number of unbranched alkanes of at least 4 members (excludes halogenated alkanes) is 1. The number of amides is 2. The Morgan fingerprint density at radius 1 is 0.912 bits per heavy atom. The van der Waals surface area contributed by atoms with Crippen LogP contribution < -0.4 is 21.9 Å². The molecule has 180 valence electrons. The smallest absolute Gasteiger partial charge is 0.331 e. The molecule has 8 nitrogen and oxygen atoms in total. The maximum absolute atomic E-state index is 13.2. The summed E-state index contributed by atoms with van der Waals surface area (Å²) in [5.41, 5.74) is 2.21. The Kier molecular flexibility index (Phi) is 8.40. The number of carbonyl (C=O) groups excluding carboxylic acids is 2. The van der Waals surface area contributed by atoms with E-state index in [4.69, 9.17) is 0 Å². The highest BCUT2D eigenvalue weighted by Gasteiger charge is 2.16. The maximum Gasteiger partial charge on any atom is 0.331 e. The number of fused-ring (bicyclic) bond motifs is 1. The number of anilines is 1. The van der Waals surface area contributed by atoms with Crippen molar-refractivity contribution in [1.29, 1.82) is 0 Å². The molecule has 8 heteroatoms. The van der Waals surface area contributed by atoms with Gasteiger partial charge < -0.3 is 10.6 Å². The Morgan fingerprint density at radius 3 is 2.44 bits per heavy atom. The van der Waals surface area contributed by atoms with E-state index in [-0.39, 0.29) is 30.5 Å². The summed E-state index contributed by atoms with van der Waals surface area (Å²) >= 11 is 0. The van der Waals surface area contributed by atoms with Crippen LogP contribution in [0, 0.1) is 13.8 Å². The fraction of sp³-hybridized carbons (Fsp3) is 0.385. The van der Waals surface area contributed by atoms with E-state index in [2.05, 4.69) is 10.6 Å². The molecule has 2 amide bonds. The number of nitrogens with zero attached hydrogens (tertiary/aromatic N) is 2. The molecule has 0 atom stereocenters. The zero-order valence-electron chi connectivity index (χ0n) is 20.0. The normalized spacial score (nSPS) is 10.9. The first-order valence-corrected chi connectivity index (χ1v) is 11.7. The van der Waals surface area contributed by atoms with E-state index in [0.29, 0.717) is 42.4 Å². The molecule has 2 N–H and O–H groups in total. The van der Waals surface area contributed by atoms with Gasteiger partial charge in [-0.1, -0.05) is 31.2 Å². The largest absolute Gasteiger partial charge is 0.356 e. The summed E-state index contributed by atoms with van der Waals surface area (Å²) < 4.78 is 2.50. The second-order valence-electron chi connectivity index (χ2n) is 8.45. The number of nitrogens with one attached hydrogen (secondary N) is 2. The van der Waals surface area contributed by atoms with Crippen molar-refractivity contribution in [3.63, 3.8) is 0 Å². The summed E-state index contributed by atoms with van der Waals surface area (Å²) in [4.78, 5) is 50.9. The molecular formula is C26H32N4O4. The number of benzene rings is 2. The van der Waals surface area contributed by atoms with Gasteiger partial charge in [0.15, 0.2) is 0 Å². The second kappa shape index (κ2) is 11.4. The minimum Gasteiger partial charge on any atom is -0.356 e. The van der Waals surface area contributed by atoms with Crippen LogP contribution in [0.1, 0.15) is 43.7 Å². The van der Waals surface area contributed by atoms with E-state index in [9.17, 15) is 19.2 Å². The van der Waals surface area contributed by atoms with Gasteiger partial charge in [-0.15, -0.1) is 0 Å². The van der Waals surface area contributed by atoms with Crippen LogP contribution in [0.4, 0.5) is 5.69 Å². The lowest BCUT2D eigenvalue weighted by Crippen LogP contribution is -2.41. The van der Waals surface area contributed by atoms with Gasteiger partial charge in [0.1, 0.15) is 6.54 Å². The minimum atomic E-state index is -0.532. The number of aromatic nitrogens is 2. The van der Waals surface area contributed by atoms with Gasteiger partial charge in [0.25, 0.3) is 5.56 Å². The topological polar surface area (TPSA) is 102 Å². The number of rotatable bonds is 10. The van der Waals surface area contributed by atoms with Crippen LogP contribution in [0.3, 0.4) is 0 Å². The van der Waals surface area contributed by atoms with Gasteiger partial charge in [-0.25, -0.2) is 4.79 Å². The summed E-state index contributed by atoms with van der Waals surface area (Å²) in [6.07, 6.45) is 2.27. The number of carbonyl (C=O) groups is 2. The number of hydrogen-bond donors (Lipinski definition) is 2. The Hall–Kier alpha value is -3.68. The van der Waals surface area contributed by atoms with Crippen LogP contribution in [0.25, 0.3) is 10.9 Å². The quantitative estimate of drug-likeness (QED) is 0.450. The van der Waals surface area contributed by atoms with Gasteiger partial charge in [-0.3, -0.25) is 23.5 Å². The molecule has 0 saturated heterocycles. The molecule has 2 aromatic carbocycles. The lowest BCUT2D eigenvalue weighted by molar-refractivity contribution is -0.121. The van der Waals surface area contributed by atoms with Crippen molar-refractivity contribution >= 4 is 28.4 Å². The highest BCUT2D eigenvalue weighted by molar-refractivity contribution is 5.92. The fourth-order valence-corrected chi connectivity index (χ4v) is 3.85. The van der Waals surface area contributed by atoms with Crippen molar-refractivity contribution in [3.05, 3.63) is 74.4 Å².